The minimum absolute atomic E-state index is 0.269. The third kappa shape index (κ3) is 4.92. The zero-order valence-corrected chi connectivity index (χ0v) is 20.8. The van der Waals surface area contributed by atoms with Crippen molar-refractivity contribution in [3.63, 3.8) is 0 Å². The van der Waals surface area contributed by atoms with Gasteiger partial charge in [-0.15, -0.1) is 0 Å². The number of halogens is 3. The molecule has 0 N–H and O–H groups in total. The van der Waals surface area contributed by atoms with Gasteiger partial charge in [0.1, 0.15) is 0 Å². The summed E-state index contributed by atoms with van der Waals surface area (Å²) in [6.07, 6.45) is 1.94. The number of carbonyl (C=O) groups excluding carboxylic acids is 1. The molecule has 37 heavy (non-hydrogen) atoms. The van der Waals surface area contributed by atoms with E-state index in [4.69, 9.17) is 9.78 Å². The van der Waals surface area contributed by atoms with Crippen LogP contribution >= 0.6 is 0 Å². The van der Waals surface area contributed by atoms with E-state index in [2.05, 4.69) is 10.1 Å². The number of hydrogen-bond acceptors (Lipinski definition) is 5. The second-order valence-electron chi connectivity index (χ2n) is 10.3. The molecule has 1 saturated heterocycles. The average molecular weight is 513 g/mol. The van der Waals surface area contributed by atoms with Gasteiger partial charge in [-0.2, -0.15) is 18.3 Å². The third-order valence-electron chi connectivity index (χ3n) is 6.53. The third-order valence-corrected chi connectivity index (χ3v) is 6.53. The molecule has 1 amide bonds. The standard InChI is InChI=1S/C27H27F3N4O3/c1-26(2,3)24-19-9-7-17(21-14-32-34-16-18(27(28,29)30)8-10-22(21)34)13-20(19)23(15-31-24)36-37-25(35)33-11-5-4-6-12-33/h7-10,13-16H,4-6,11-12H2,1-3H3. The lowest BCUT2D eigenvalue weighted by Crippen LogP contribution is -2.36. The van der Waals surface area contributed by atoms with Crippen molar-refractivity contribution in [1.29, 1.82) is 0 Å². The predicted molar refractivity (Wildman–Crippen MR) is 132 cm³/mol. The van der Waals surface area contributed by atoms with E-state index >= 15 is 0 Å². The highest BCUT2D eigenvalue weighted by Crippen LogP contribution is 2.37. The van der Waals surface area contributed by atoms with Gasteiger partial charge in [-0.3, -0.25) is 9.87 Å². The zero-order chi connectivity index (χ0) is 26.4. The van der Waals surface area contributed by atoms with E-state index in [1.54, 1.807) is 4.90 Å². The monoisotopic (exact) mass is 512 g/mol. The highest BCUT2D eigenvalue weighted by atomic mass is 19.4. The molecule has 4 aromatic rings. The molecule has 1 aliphatic rings. The van der Waals surface area contributed by atoms with Crippen molar-refractivity contribution in [3.8, 4) is 16.9 Å². The van der Waals surface area contributed by atoms with Crippen molar-refractivity contribution in [2.45, 2.75) is 51.6 Å². The van der Waals surface area contributed by atoms with E-state index in [1.807, 2.05) is 39.0 Å². The van der Waals surface area contributed by atoms with Gasteiger partial charge in [0.25, 0.3) is 0 Å². The molecule has 0 bridgehead atoms. The molecule has 0 atom stereocenters. The Hall–Kier alpha value is -3.82. The number of piperidine rings is 1. The molecule has 1 aliphatic heterocycles. The van der Waals surface area contributed by atoms with E-state index in [9.17, 15) is 18.0 Å². The van der Waals surface area contributed by atoms with E-state index in [0.717, 1.165) is 48.2 Å². The Morgan fingerprint density at radius 2 is 1.73 bits per heavy atom. The number of pyridine rings is 2. The normalized spacial score (nSPS) is 14.8. The Labute approximate surface area is 211 Å². The summed E-state index contributed by atoms with van der Waals surface area (Å²) in [6, 6.07) is 8.06. The van der Waals surface area contributed by atoms with E-state index in [0.29, 0.717) is 29.6 Å². The van der Waals surface area contributed by atoms with Gasteiger partial charge < -0.3 is 4.90 Å². The lowest BCUT2D eigenvalue weighted by atomic mass is 9.87. The number of alkyl halides is 3. The number of amides is 1. The number of fused-ring (bicyclic) bond motifs is 2. The van der Waals surface area contributed by atoms with Crippen LogP contribution in [0.1, 0.15) is 51.3 Å². The van der Waals surface area contributed by atoms with Crippen LogP contribution in [0.15, 0.2) is 48.9 Å². The van der Waals surface area contributed by atoms with Crippen LogP contribution in [0.3, 0.4) is 0 Å². The van der Waals surface area contributed by atoms with Crippen LogP contribution in [0, 0.1) is 0 Å². The molecular weight excluding hydrogens is 485 g/mol. The first-order valence-corrected chi connectivity index (χ1v) is 12.1. The summed E-state index contributed by atoms with van der Waals surface area (Å²) in [7, 11) is 0. The molecule has 10 heteroatoms. The fourth-order valence-corrected chi connectivity index (χ4v) is 4.63. The first kappa shape index (κ1) is 24.9. The molecular formula is C27H27F3N4O3. The van der Waals surface area contributed by atoms with Crippen molar-refractivity contribution in [3.05, 3.63) is 60.2 Å². The Balaban J connectivity index is 1.55. The van der Waals surface area contributed by atoms with Gasteiger partial charge >= 0.3 is 12.3 Å². The molecule has 0 radical (unpaired) electrons. The van der Waals surface area contributed by atoms with Gasteiger partial charge in [0.2, 0.25) is 5.75 Å². The molecule has 4 heterocycles. The highest BCUT2D eigenvalue weighted by molar-refractivity contribution is 5.95. The molecule has 5 rings (SSSR count). The van der Waals surface area contributed by atoms with Gasteiger partial charge in [0.05, 0.1) is 29.2 Å². The smallest absolute Gasteiger partial charge is 0.305 e. The van der Waals surface area contributed by atoms with Gasteiger partial charge in [-0.1, -0.05) is 32.9 Å². The molecule has 3 aromatic heterocycles. The molecule has 1 aromatic carbocycles. The van der Waals surface area contributed by atoms with Crippen molar-refractivity contribution in [2.24, 2.45) is 0 Å². The Morgan fingerprint density at radius 1 is 0.973 bits per heavy atom. The summed E-state index contributed by atoms with van der Waals surface area (Å²) < 4.78 is 40.7. The maximum atomic E-state index is 13.1. The molecule has 0 spiro atoms. The lowest BCUT2D eigenvalue weighted by Gasteiger charge is -2.25. The van der Waals surface area contributed by atoms with Crippen LogP contribution in [0.2, 0.25) is 0 Å². The molecule has 1 fully saturated rings. The Morgan fingerprint density at radius 3 is 2.43 bits per heavy atom. The van der Waals surface area contributed by atoms with Crippen LogP contribution in [0.25, 0.3) is 27.4 Å². The summed E-state index contributed by atoms with van der Waals surface area (Å²) in [5, 5.41) is 5.62. The van der Waals surface area contributed by atoms with E-state index < -0.39 is 17.8 Å². The van der Waals surface area contributed by atoms with Crippen LogP contribution in [0.5, 0.6) is 5.75 Å². The van der Waals surface area contributed by atoms with Gasteiger partial charge in [-0.05, 0) is 43.0 Å². The molecule has 194 valence electrons. The van der Waals surface area contributed by atoms with Crippen LogP contribution in [0.4, 0.5) is 18.0 Å². The Kier molecular flexibility index (Phi) is 6.21. The fourth-order valence-electron chi connectivity index (χ4n) is 4.63. The van der Waals surface area contributed by atoms with E-state index in [-0.39, 0.29) is 11.2 Å². The van der Waals surface area contributed by atoms with Crippen molar-refractivity contribution in [2.75, 3.05) is 13.1 Å². The van der Waals surface area contributed by atoms with E-state index in [1.165, 1.54) is 23.0 Å². The van der Waals surface area contributed by atoms with Gasteiger partial charge in [0.15, 0.2) is 0 Å². The average Bonchev–Trinajstić information content (AvgIpc) is 3.29. The molecule has 7 nitrogen and oxygen atoms in total. The Bertz CT molecular complexity index is 1470. The van der Waals surface area contributed by atoms with Crippen LogP contribution in [-0.2, 0) is 16.5 Å². The summed E-state index contributed by atoms with van der Waals surface area (Å²) in [4.78, 5) is 29.4. The van der Waals surface area contributed by atoms with Crippen LogP contribution < -0.4 is 4.89 Å². The summed E-state index contributed by atoms with van der Waals surface area (Å²) in [6.45, 7) is 7.38. The lowest BCUT2D eigenvalue weighted by molar-refractivity contribution is -0.153. The fraction of sp³-hybridized carbons (Fsp3) is 0.370. The molecule has 0 aliphatic carbocycles. The number of benzene rings is 1. The van der Waals surface area contributed by atoms with Gasteiger partial charge in [0, 0.05) is 41.0 Å². The summed E-state index contributed by atoms with van der Waals surface area (Å²) in [5.41, 5.74) is 1.68. The number of likely N-dealkylation sites (tertiary alicyclic amines) is 1. The molecule has 0 saturated carbocycles. The van der Waals surface area contributed by atoms with Crippen molar-refractivity contribution in [1.82, 2.24) is 19.5 Å². The maximum absolute atomic E-state index is 13.1. The SMILES string of the molecule is CC(C)(C)c1ncc(OOC(=O)N2CCCCC2)c2cc(-c3cnn4cc(C(F)(F)F)ccc34)ccc12. The zero-order valence-electron chi connectivity index (χ0n) is 20.8. The van der Waals surface area contributed by atoms with Crippen molar-refractivity contribution >= 4 is 22.4 Å². The second-order valence-corrected chi connectivity index (χ2v) is 10.3. The summed E-state index contributed by atoms with van der Waals surface area (Å²) in [5.74, 6) is 0.269. The number of hydrogen-bond donors (Lipinski definition) is 0. The molecule has 0 unspecified atom stereocenters. The quantitative estimate of drug-likeness (QED) is 0.224. The predicted octanol–water partition coefficient (Wildman–Crippen LogP) is 6.78. The topological polar surface area (TPSA) is 69.0 Å². The second kappa shape index (κ2) is 9.24. The highest BCUT2D eigenvalue weighted by Gasteiger charge is 2.31. The number of rotatable bonds is 3. The largest absolute Gasteiger partial charge is 0.452 e. The number of nitrogens with zero attached hydrogens (tertiary/aromatic N) is 4. The van der Waals surface area contributed by atoms with Crippen molar-refractivity contribution < 1.29 is 27.7 Å². The first-order chi connectivity index (χ1) is 17.5. The van der Waals surface area contributed by atoms with Crippen LogP contribution in [-0.4, -0.2) is 38.7 Å². The minimum atomic E-state index is -4.46. The number of carbonyl (C=O) groups is 1. The minimum Gasteiger partial charge on any atom is -0.305 e. The maximum Gasteiger partial charge on any atom is 0.452 e. The first-order valence-electron chi connectivity index (χ1n) is 12.1. The number of aromatic nitrogens is 3. The van der Waals surface area contributed by atoms with Gasteiger partial charge in [-0.25, -0.2) is 14.2 Å². The summed E-state index contributed by atoms with van der Waals surface area (Å²) >= 11 is 0.